The summed E-state index contributed by atoms with van der Waals surface area (Å²) in [5.74, 6) is 1.87. The number of piperidine rings is 1. The van der Waals surface area contributed by atoms with Gasteiger partial charge in [0.2, 0.25) is 11.8 Å². The second-order valence-corrected chi connectivity index (χ2v) is 8.61. The topological polar surface area (TPSA) is 71.3 Å². The molecule has 0 radical (unpaired) electrons. The molecule has 152 valence electrons. The van der Waals surface area contributed by atoms with Gasteiger partial charge in [-0.2, -0.15) is 0 Å². The lowest BCUT2D eigenvalue weighted by Crippen LogP contribution is -2.45. The number of hydrogen-bond donors (Lipinski definition) is 1. The lowest BCUT2D eigenvalue weighted by molar-refractivity contribution is -0.133. The molecular formula is C22H32N4O2. The van der Waals surface area contributed by atoms with Crippen molar-refractivity contribution in [3.8, 4) is 0 Å². The first kappa shape index (κ1) is 19.0. The van der Waals surface area contributed by atoms with Gasteiger partial charge < -0.3 is 14.6 Å². The summed E-state index contributed by atoms with van der Waals surface area (Å²) in [5, 5.41) is 11.2. The average molecular weight is 385 g/mol. The molecule has 2 heterocycles. The Bertz CT molecular complexity index is 756. The number of benzene rings is 1. The fourth-order valence-corrected chi connectivity index (χ4v) is 3.89. The van der Waals surface area contributed by atoms with E-state index < -0.39 is 0 Å². The first-order valence-corrected chi connectivity index (χ1v) is 10.5. The lowest BCUT2D eigenvalue weighted by Gasteiger charge is -2.33. The number of nitrogens with zero attached hydrogens (tertiary/aromatic N) is 3. The summed E-state index contributed by atoms with van der Waals surface area (Å²) in [5.41, 5.74) is 0.593. The molecule has 0 bridgehead atoms. The lowest BCUT2D eigenvalue weighted by atomic mass is 9.93. The van der Waals surface area contributed by atoms with Crippen LogP contribution in [-0.4, -0.2) is 40.1 Å². The maximum Gasteiger partial charge on any atom is 0.316 e. The third-order valence-electron chi connectivity index (χ3n) is 6.34. The molecule has 5 rings (SSSR count). The number of carbonyl (C=O) groups is 1. The van der Waals surface area contributed by atoms with Gasteiger partial charge in [0.25, 0.3) is 0 Å². The van der Waals surface area contributed by atoms with E-state index in [-0.39, 0.29) is 13.4 Å². The minimum atomic E-state index is -0.321. The molecule has 3 fully saturated rings. The highest BCUT2D eigenvalue weighted by molar-refractivity contribution is 5.83. The van der Waals surface area contributed by atoms with E-state index in [0.29, 0.717) is 29.2 Å². The van der Waals surface area contributed by atoms with E-state index in [9.17, 15) is 4.79 Å². The highest BCUT2D eigenvalue weighted by atomic mass is 16.4. The molecule has 2 aliphatic carbocycles. The second-order valence-electron chi connectivity index (χ2n) is 8.61. The van der Waals surface area contributed by atoms with Crippen LogP contribution in [0, 0.1) is 11.3 Å². The summed E-state index contributed by atoms with van der Waals surface area (Å²) in [7, 11) is 0. The summed E-state index contributed by atoms with van der Waals surface area (Å²) in [6, 6.07) is 12.0. The SMILES string of the molecule is CC1C[C@H]1c1nnc(N[C@@H](C)C(=O)N2CCC3(CC2)CC3)o1.[HH].c1ccccc1. The minimum absolute atomic E-state index is 0. The molecule has 2 saturated carbocycles. The van der Waals surface area contributed by atoms with Crippen LogP contribution in [0.5, 0.6) is 0 Å². The van der Waals surface area contributed by atoms with Crippen LogP contribution in [0.2, 0.25) is 0 Å². The quantitative estimate of drug-likeness (QED) is 0.849. The van der Waals surface area contributed by atoms with Gasteiger partial charge in [-0.05, 0) is 50.4 Å². The molecule has 2 aromatic rings. The van der Waals surface area contributed by atoms with Crippen molar-refractivity contribution in [1.82, 2.24) is 15.1 Å². The van der Waals surface area contributed by atoms with Gasteiger partial charge >= 0.3 is 6.01 Å². The first-order valence-electron chi connectivity index (χ1n) is 10.5. The number of likely N-dealkylation sites (tertiary alicyclic amines) is 1. The third-order valence-corrected chi connectivity index (χ3v) is 6.34. The van der Waals surface area contributed by atoms with Crippen LogP contribution >= 0.6 is 0 Å². The average Bonchev–Trinajstić information content (AvgIpc) is 3.61. The van der Waals surface area contributed by atoms with Crippen molar-refractivity contribution >= 4 is 11.9 Å². The molecule has 1 spiro atoms. The Morgan fingerprint density at radius 3 is 2.21 bits per heavy atom. The molecule has 1 amide bonds. The maximum absolute atomic E-state index is 12.5. The fraction of sp³-hybridized carbons (Fsp3) is 0.591. The van der Waals surface area contributed by atoms with Crippen LogP contribution in [0.3, 0.4) is 0 Å². The highest BCUT2D eigenvalue weighted by Gasteiger charge is 2.45. The molecule has 1 N–H and O–H groups in total. The number of carbonyl (C=O) groups excluding carboxylic acids is 1. The van der Waals surface area contributed by atoms with Crippen molar-refractivity contribution in [2.24, 2.45) is 11.3 Å². The third kappa shape index (κ3) is 4.54. The molecule has 1 unspecified atom stereocenters. The number of nitrogens with one attached hydrogen (secondary N) is 1. The Kier molecular flexibility index (Phi) is 5.38. The summed E-state index contributed by atoms with van der Waals surface area (Å²) in [4.78, 5) is 14.5. The Morgan fingerprint density at radius 1 is 1.14 bits per heavy atom. The van der Waals surface area contributed by atoms with Crippen LogP contribution in [-0.2, 0) is 4.79 Å². The highest BCUT2D eigenvalue weighted by Crippen LogP contribution is 2.53. The Balaban J connectivity index is 0.000000297. The van der Waals surface area contributed by atoms with Gasteiger partial charge in [-0.15, -0.1) is 5.10 Å². The van der Waals surface area contributed by atoms with Crippen LogP contribution in [0.1, 0.15) is 59.2 Å². The van der Waals surface area contributed by atoms with Gasteiger partial charge in [-0.25, -0.2) is 0 Å². The summed E-state index contributed by atoms with van der Waals surface area (Å²) in [6.07, 6.45) is 6.15. The summed E-state index contributed by atoms with van der Waals surface area (Å²) < 4.78 is 5.63. The zero-order valence-electron chi connectivity index (χ0n) is 16.8. The number of hydrogen-bond acceptors (Lipinski definition) is 5. The summed E-state index contributed by atoms with van der Waals surface area (Å²) >= 11 is 0. The molecule has 1 saturated heterocycles. The van der Waals surface area contributed by atoms with E-state index in [1.165, 1.54) is 12.8 Å². The van der Waals surface area contributed by atoms with Gasteiger partial charge in [0, 0.05) is 20.4 Å². The molecule has 1 aromatic carbocycles. The maximum atomic E-state index is 12.5. The van der Waals surface area contributed by atoms with Crippen LogP contribution in [0.4, 0.5) is 6.01 Å². The van der Waals surface area contributed by atoms with Crippen molar-refractivity contribution in [2.45, 2.75) is 57.9 Å². The Labute approximate surface area is 168 Å². The van der Waals surface area contributed by atoms with Gasteiger partial charge in [-0.1, -0.05) is 48.4 Å². The Hall–Kier alpha value is -2.37. The molecule has 28 heavy (non-hydrogen) atoms. The van der Waals surface area contributed by atoms with Gasteiger partial charge in [0.1, 0.15) is 6.04 Å². The number of anilines is 1. The molecule has 3 aliphatic rings. The minimum Gasteiger partial charge on any atom is -0.408 e. The van der Waals surface area contributed by atoms with Gasteiger partial charge in [-0.3, -0.25) is 4.79 Å². The molecular weight excluding hydrogens is 352 g/mol. The molecule has 6 heteroatoms. The van der Waals surface area contributed by atoms with Gasteiger partial charge in [0.15, 0.2) is 0 Å². The van der Waals surface area contributed by atoms with Crippen molar-refractivity contribution in [2.75, 3.05) is 18.4 Å². The number of aromatic nitrogens is 2. The van der Waals surface area contributed by atoms with E-state index in [0.717, 1.165) is 32.4 Å². The largest absolute Gasteiger partial charge is 0.408 e. The zero-order chi connectivity index (χ0) is 19.6. The fourth-order valence-electron chi connectivity index (χ4n) is 3.89. The van der Waals surface area contributed by atoms with Crippen molar-refractivity contribution in [3.05, 3.63) is 42.3 Å². The number of amides is 1. The van der Waals surface area contributed by atoms with Gasteiger partial charge in [0.05, 0.1) is 0 Å². The molecule has 1 aliphatic heterocycles. The van der Waals surface area contributed by atoms with E-state index >= 15 is 0 Å². The predicted molar refractivity (Wildman–Crippen MR) is 110 cm³/mol. The molecule has 1 aromatic heterocycles. The predicted octanol–water partition coefficient (Wildman–Crippen LogP) is 4.33. The zero-order valence-corrected chi connectivity index (χ0v) is 16.8. The number of rotatable bonds is 4. The second kappa shape index (κ2) is 7.94. The van der Waals surface area contributed by atoms with Crippen molar-refractivity contribution < 1.29 is 10.6 Å². The van der Waals surface area contributed by atoms with Crippen LogP contribution in [0.25, 0.3) is 0 Å². The van der Waals surface area contributed by atoms with Crippen molar-refractivity contribution in [3.63, 3.8) is 0 Å². The van der Waals surface area contributed by atoms with E-state index in [2.05, 4.69) is 22.4 Å². The Morgan fingerprint density at radius 2 is 1.71 bits per heavy atom. The first-order chi connectivity index (χ1) is 13.6. The normalized spacial score (nSPS) is 25.4. The van der Waals surface area contributed by atoms with E-state index in [1.807, 2.05) is 48.2 Å². The van der Waals surface area contributed by atoms with E-state index in [1.54, 1.807) is 0 Å². The van der Waals surface area contributed by atoms with Crippen molar-refractivity contribution in [1.29, 1.82) is 0 Å². The monoisotopic (exact) mass is 384 g/mol. The summed E-state index contributed by atoms with van der Waals surface area (Å²) in [6.45, 7) is 5.82. The molecule has 3 atom stereocenters. The molecule has 6 nitrogen and oxygen atoms in total. The van der Waals surface area contributed by atoms with Crippen LogP contribution in [0.15, 0.2) is 40.8 Å². The standard InChI is InChI=1S/C16H24N4O2.C6H6.H2/c1-10-9-12(10)13-18-19-15(22-13)17-11(2)14(21)20-7-5-16(3-4-16)6-8-20;1-2-4-6-5-3-1;/h10-12H,3-9H2,1-2H3,(H,17,19);1-6H;1H/t10?,11-,12+;;/m0../s1. The van der Waals surface area contributed by atoms with E-state index in [4.69, 9.17) is 4.42 Å². The van der Waals surface area contributed by atoms with Crippen LogP contribution < -0.4 is 5.32 Å². The smallest absolute Gasteiger partial charge is 0.316 e.